The Morgan fingerprint density at radius 3 is 2.68 bits per heavy atom. The van der Waals surface area contributed by atoms with Crippen molar-refractivity contribution in [2.75, 3.05) is 14.2 Å². The molecule has 1 saturated carbocycles. The summed E-state index contributed by atoms with van der Waals surface area (Å²) in [4.78, 5) is 21.7. The van der Waals surface area contributed by atoms with E-state index in [0.717, 1.165) is 51.2 Å². The molecule has 1 rings (SSSR count). The van der Waals surface area contributed by atoms with Crippen LogP contribution in [0, 0.1) is 11.8 Å². The molecule has 0 bridgehead atoms. The van der Waals surface area contributed by atoms with Gasteiger partial charge in [0, 0.05) is 19.4 Å². The van der Waals surface area contributed by atoms with Crippen LogP contribution in [0.2, 0.25) is 0 Å². The number of carbonyl (C=O) groups is 2. The van der Waals surface area contributed by atoms with Crippen LogP contribution < -0.4 is 0 Å². The number of unbranched alkanes of at least 4 members (excludes halogenated alkanes) is 1. The topological polar surface area (TPSA) is 52.6 Å². The predicted molar refractivity (Wildman–Crippen MR) is 72.8 cm³/mol. The van der Waals surface area contributed by atoms with Crippen molar-refractivity contribution in [2.24, 2.45) is 11.8 Å². The van der Waals surface area contributed by atoms with Crippen molar-refractivity contribution in [3.8, 4) is 0 Å². The van der Waals surface area contributed by atoms with E-state index in [1.807, 2.05) is 0 Å². The molecule has 0 radical (unpaired) electrons. The number of aldehydes is 1. The average Bonchev–Trinajstić information content (AvgIpc) is 2.89. The number of rotatable bonds is 9. The van der Waals surface area contributed by atoms with Crippen LogP contribution in [0.3, 0.4) is 0 Å². The predicted octanol–water partition coefficient (Wildman–Crippen LogP) is 2.74. The Balaban J connectivity index is 2.15. The van der Waals surface area contributed by atoms with Gasteiger partial charge in [-0.2, -0.15) is 0 Å². The van der Waals surface area contributed by atoms with E-state index in [-0.39, 0.29) is 18.0 Å². The maximum Gasteiger partial charge on any atom is 0.305 e. The van der Waals surface area contributed by atoms with Gasteiger partial charge in [-0.15, -0.1) is 0 Å². The molecule has 3 unspecified atom stereocenters. The first-order valence-corrected chi connectivity index (χ1v) is 7.24. The van der Waals surface area contributed by atoms with E-state index in [1.54, 1.807) is 7.11 Å². The molecule has 4 heteroatoms. The van der Waals surface area contributed by atoms with Gasteiger partial charge in [0.15, 0.2) is 0 Å². The molecule has 3 atom stereocenters. The molecule has 19 heavy (non-hydrogen) atoms. The molecule has 0 saturated heterocycles. The van der Waals surface area contributed by atoms with Gasteiger partial charge in [-0.05, 0) is 44.4 Å². The largest absolute Gasteiger partial charge is 0.469 e. The van der Waals surface area contributed by atoms with E-state index in [2.05, 4.69) is 4.74 Å². The second kappa shape index (κ2) is 9.08. The Hall–Kier alpha value is -0.900. The summed E-state index contributed by atoms with van der Waals surface area (Å²) in [6, 6.07) is 0. The summed E-state index contributed by atoms with van der Waals surface area (Å²) in [5.74, 6) is 0.751. The van der Waals surface area contributed by atoms with E-state index in [4.69, 9.17) is 4.74 Å². The molecular formula is C15H26O4. The molecule has 1 aliphatic carbocycles. The van der Waals surface area contributed by atoms with E-state index in [1.165, 1.54) is 7.11 Å². The third-order valence-electron chi connectivity index (χ3n) is 4.09. The highest BCUT2D eigenvalue weighted by Gasteiger charge is 2.26. The first kappa shape index (κ1) is 16.2. The quantitative estimate of drug-likeness (QED) is 0.367. The second-order valence-electron chi connectivity index (χ2n) is 5.49. The molecule has 1 fully saturated rings. The van der Waals surface area contributed by atoms with Crippen molar-refractivity contribution in [3.05, 3.63) is 0 Å². The Morgan fingerprint density at radius 1 is 1.32 bits per heavy atom. The van der Waals surface area contributed by atoms with Crippen LogP contribution in [0.25, 0.3) is 0 Å². The lowest BCUT2D eigenvalue weighted by molar-refractivity contribution is -0.140. The van der Waals surface area contributed by atoms with E-state index < -0.39 is 0 Å². The van der Waals surface area contributed by atoms with E-state index >= 15 is 0 Å². The molecule has 0 heterocycles. The minimum Gasteiger partial charge on any atom is -0.469 e. The van der Waals surface area contributed by atoms with Crippen molar-refractivity contribution >= 4 is 12.3 Å². The Morgan fingerprint density at radius 2 is 2.11 bits per heavy atom. The molecule has 0 aromatic rings. The van der Waals surface area contributed by atoms with Gasteiger partial charge in [0.1, 0.15) is 6.29 Å². The van der Waals surface area contributed by atoms with Crippen molar-refractivity contribution in [2.45, 2.75) is 57.5 Å². The monoisotopic (exact) mass is 270 g/mol. The zero-order valence-electron chi connectivity index (χ0n) is 12.1. The maximum atomic E-state index is 11.0. The molecule has 0 amide bonds. The number of carbonyl (C=O) groups excluding carboxylic acids is 2. The highest BCUT2D eigenvalue weighted by Crippen LogP contribution is 2.33. The number of hydrogen-bond acceptors (Lipinski definition) is 4. The standard InChI is InChI=1S/C15H26O4/c1-18-14(5-3-4-6-15(17)19-2)10-12-7-8-13(9-12)11-16/h11-14H,3-10H2,1-2H3. The molecule has 0 aliphatic heterocycles. The van der Waals surface area contributed by atoms with Gasteiger partial charge in [-0.3, -0.25) is 4.79 Å². The fourth-order valence-electron chi connectivity index (χ4n) is 2.90. The Kier molecular flexibility index (Phi) is 7.72. The van der Waals surface area contributed by atoms with Gasteiger partial charge in [0.05, 0.1) is 13.2 Å². The lowest BCUT2D eigenvalue weighted by Gasteiger charge is -2.19. The fourth-order valence-corrected chi connectivity index (χ4v) is 2.90. The van der Waals surface area contributed by atoms with Gasteiger partial charge >= 0.3 is 5.97 Å². The summed E-state index contributed by atoms with van der Waals surface area (Å²) in [7, 11) is 3.17. The summed E-state index contributed by atoms with van der Waals surface area (Å²) >= 11 is 0. The number of methoxy groups -OCH3 is 2. The minimum atomic E-state index is -0.140. The van der Waals surface area contributed by atoms with Crippen LogP contribution in [0.15, 0.2) is 0 Å². The SMILES string of the molecule is COC(=O)CCCCC(CC1CCC(C=O)C1)OC. The minimum absolute atomic E-state index is 0.140. The lowest BCUT2D eigenvalue weighted by atomic mass is 9.95. The molecule has 0 aromatic heterocycles. The normalized spacial score (nSPS) is 24.1. The molecule has 0 aromatic carbocycles. The maximum absolute atomic E-state index is 11.0. The smallest absolute Gasteiger partial charge is 0.305 e. The average molecular weight is 270 g/mol. The third-order valence-corrected chi connectivity index (χ3v) is 4.09. The van der Waals surface area contributed by atoms with Crippen molar-refractivity contribution in [3.63, 3.8) is 0 Å². The van der Waals surface area contributed by atoms with Crippen LogP contribution in [0.4, 0.5) is 0 Å². The van der Waals surface area contributed by atoms with Gasteiger partial charge in [-0.1, -0.05) is 6.42 Å². The zero-order valence-corrected chi connectivity index (χ0v) is 12.1. The number of ether oxygens (including phenoxy) is 2. The first-order chi connectivity index (χ1) is 9.19. The molecule has 4 nitrogen and oxygen atoms in total. The van der Waals surface area contributed by atoms with Gasteiger partial charge < -0.3 is 14.3 Å². The second-order valence-corrected chi connectivity index (χ2v) is 5.49. The zero-order chi connectivity index (χ0) is 14.1. The summed E-state index contributed by atoms with van der Waals surface area (Å²) in [6.07, 6.45) is 8.90. The summed E-state index contributed by atoms with van der Waals surface area (Å²) < 4.78 is 10.1. The van der Waals surface area contributed by atoms with Gasteiger partial charge in [0.25, 0.3) is 0 Å². The molecular weight excluding hydrogens is 244 g/mol. The molecule has 0 spiro atoms. The van der Waals surface area contributed by atoms with E-state index in [9.17, 15) is 9.59 Å². The van der Waals surface area contributed by atoms with E-state index in [0.29, 0.717) is 12.3 Å². The van der Waals surface area contributed by atoms with Crippen LogP contribution in [0.1, 0.15) is 51.4 Å². The highest BCUT2D eigenvalue weighted by atomic mass is 16.5. The fraction of sp³-hybridized carbons (Fsp3) is 0.867. The molecule has 1 aliphatic rings. The van der Waals surface area contributed by atoms with Crippen molar-refractivity contribution < 1.29 is 19.1 Å². The van der Waals surface area contributed by atoms with Gasteiger partial charge in [0.2, 0.25) is 0 Å². The van der Waals surface area contributed by atoms with Gasteiger partial charge in [-0.25, -0.2) is 0 Å². The molecule has 110 valence electrons. The van der Waals surface area contributed by atoms with Crippen molar-refractivity contribution in [1.82, 2.24) is 0 Å². The summed E-state index contributed by atoms with van der Waals surface area (Å²) in [5.41, 5.74) is 0. The summed E-state index contributed by atoms with van der Waals surface area (Å²) in [5, 5.41) is 0. The molecule has 0 N–H and O–H groups in total. The van der Waals surface area contributed by atoms with Crippen molar-refractivity contribution in [1.29, 1.82) is 0 Å². The van der Waals surface area contributed by atoms with Crippen LogP contribution >= 0.6 is 0 Å². The Bertz CT molecular complexity index is 277. The Labute approximate surface area is 115 Å². The first-order valence-electron chi connectivity index (χ1n) is 7.24. The lowest BCUT2D eigenvalue weighted by Crippen LogP contribution is -2.15. The van der Waals surface area contributed by atoms with Crippen LogP contribution in [0.5, 0.6) is 0 Å². The third kappa shape index (κ3) is 6.19. The number of hydrogen-bond donors (Lipinski definition) is 0. The van der Waals surface area contributed by atoms with Crippen LogP contribution in [-0.2, 0) is 19.1 Å². The number of esters is 1. The summed E-state index contributed by atoms with van der Waals surface area (Å²) in [6.45, 7) is 0. The van der Waals surface area contributed by atoms with Crippen LogP contribution in [-0.4, -0.2) is 32.6 Å². The highest BCUT2D eigenvalue weighted by molar-refractivity contribution is 5.68.